The van der Waals surface area contributed by atoms with E-state index in [2.05, 4.69) is 125 Å². The van der Waals surface area contributed by atoms with Crippen LogP contribution in [0.3, 0.4) is 0 Å². The lowest BCUT2D eigenvalue weighted by Gasteiger charge is -2.31. The van der Waals surface area contributed by atoms with Crippen LogP contribution in [-0.2, 0) is 0 Å². The van der Waals surface area contributed by atoms with Crippen molar-refractivity contribution in [3.05, 3.63) is 0 Å². The Morgan fingerprint density at radius 2 is 0.509 bits per heavy atom. The summed E-state index contributed by atoms with van der Waals surface area (Å²) >= 11 is 0. The molecule has 7 nitrogen and oxygen atoms in total. The lowest BCUT2D eigenvalue weighted by Crippen LogP contribution is -2.44. The minimum absolute atomic E-state index is 0.776. The van der Waals surface area contributed by atoms with Gasteiger partial charge in [-0.15, -0.1) is 0 Å². The Balaban J connectivity index is -0.00000602. The first-order valence-electron chi connectivity index (χ1n) is 23.2. The molecule has 0 aromatic heterocycles. The van der Waals surface area contributed by atoms with Gasteiger partial charge in [-0.1, -0.05) is 103 Å². The summed E-state index contributed by atoms with van der Waals surface area (Å²) in [5, 5.41) is 0. The molecule has 0 aliphatic carbocycles. The van der Waals surface area contributed by atoms with E-state index in [-0.39, 0.29) is 0 Å². The van der Waals surface area contributed by atoms with E-state index in [0.29, 0.717) is 0 Å². The zero-order valence-corrected chi connectivity index (χ0v) is 40.1. The predicted octanol–water partition coefficient (Wildman–Crippen LogP) is 9.44. The van der Waals surface area contributed by atoms with E-state index in [1.165, 1.54) is 110 Å². The summed E-state index contributed by atoms with van der Waals surface area (Å²) in [6.07, 6.45) is 9.07. The zero-order chi connectivity index (χ0) is 41.0. The minimum atomic E-state index is 0.776. The third-order valence-corrected chi connectivity index (χ3v) is 10.2. The normalized spacial score (nSPS) is 12.2. The van der Waals surface area contributed by atoms with Gasteiger partial charge in [0.15, 0.2) is 0 Å². The zero-order valence-electron chi connectivity index (χ0n) is 40.1. The van der Waals surface area contributed by atoms with Gasteiger partial charge in [0.2, 0.25) is 0 Å². The topological polar surface area (TPSA) is 22.7 Å². The molecule has 0 saturated carbocycles. The van der Waals surface area contributed by atoms with Crippen molar-refractivity contribution in [3.63, 3.8) is 0 Å². The standard InChI is InChI=1S/C42H93N7.2C2H6/c1-14-16-22-47(24-18-40(5)6)34-28-44(12)31-37-49(36-30-43(11)27-33-46(21-15-2)23-17-39(3)4)38-32-45(13)29-35-48(25-19-41(7)8)26-20-42(9)10;2*1-2/h39-42H,14-38H2,1-13H3;2*1-2H3. The van der Waals surface area contributed by atoms with E-state index >= 15 is 0 Å². The van der Waals surface area contributed by atoms with Crippen LogP contribution in [0, 0.1) is 23.7 Å². The lowest BCUT2D eigenvalue weighted by molar-refractivity contribution is 0.155. The van der Waals surface area contributed by atoms with Crippen LogP contribution in [-0.4, -0.2) is 173 Å². The summed E-state index contributed by atoms with van der Waals surface area (Å²) in [5.74, 6) is 3.12. The van der Waals surface area contributed by atoms with Gasteiger partial charge in [0.1, 0.15) is 0 Å². The van der Waals surface area contributed by atoms with Gasteiger partial charge in [-0.05, 0) is 123 Å². The number of nitrogens with zero attached hydrogens (tertiary/aromatic N) is 7. The first kappa shape index (κ1) is 57.0. The van der Waals surface area contributed by atoms with Crippen LogP contribution in [0.25, 0.3) is 0 Å². The number of rotatable bonds is 35. The molecule has 0 unspecified atom stereocenters. The van der Waals surface area contributed by atoms with Gasteiger partial charge in [-0.2, -0.15) is 0 Å². The van der Waals surface area contributed by atoms with Crippen LogP contribution in [0.5, 0.6) is 0 Å². The van der Waals surface area contributed by atoms with E-state index < -0.39 is 0 Å². The van der Waals surface area contributed by atoms with E-state index in [1.807, 2.05) is 27.7 Å². The van der Waals surface area contributed by atoms with Gasteiger partial charge < -0.3 is 29.4 Å². The molecular weight excluding hydrogens is 651 g/mol. The molecule has 0 amide bonds. The maximum Gasteiger partial charge on any atom is 0.0110 e. The average Bonchev–Trinajstić information content (AvgIpc) is 3.12. The van der Waals surface area contributed by atoms with Crippen molar-refractivity contribution in [3.8, 4) is 0 Å². The Labute approximate surface area is 337 Å². The summed E-state index contributed by atoms with van der Waals surface area (Å²) < 4.78 is 0. The van der Waals surface area contributed by atoms with Crippen molar-refractivity contribution in [2.45, 2.75) is 142 Å². The average molecular weight is 756 g/mol. The molecule has 0 heterocycles. The number of hydrogen-bond acceptors (Lipinski definition) is 7. The van der Waals surface area contributed by atoms with Crippen LogP contribution < -0.4 is 0 Å². The number of hydrogen-bond donors (Lipinski definition) is 0. The molecule has 0 radical (unpaired) electrons. The van der Waals surface area contributed by atoms with Gasteiger partial charge in [0.25, 0.3) is 0 Å². The molecule has 0 aliphatic heterocycles. The molecule has 0 aromatic rings. The minimum Gasteiger partial charge on any atom is -0.304 e. The summed E-state index contributed by atoms with van der Waals surface area (Å²) in [5.41, 5.74) is 0. The summed E-state index contributed by atoms with van der Waals surface area (Å²) in [6.45, 7) is 52.9. The predicted molar refractivity (Wildman–Crippen MR) is 244 cm³/mol. The molecule has 0 atom stereocenters. The second-order valence-electron chi connectivity index (χ2n) is 17.4. The van der Waals surface area contributed by atoms with Crippen LogP contribution in [0.15, 0.2) is 0 Å². The molecule has 0 spiro atoms. The maximum atomic E-state index is 2.76. The van der Waals surface area contributed by atoms with Gasteiger partial charge in [0, 0.05) is 78.5 Å². The molecule has 324 valence electrons. The van der Waals surface area contributed by atoms with Crippen LogP contribution in [0.1, 0.15) is 142 Å². The molecular formula is C46H105N7. The van der Waals surface area contributed by atoms with Gasteiger partial charge in [0.05, 0.1) is 0 Å². The molecule has 0 bridgehead atoms. The fourth-order valence-electron chi connectivity index (χ4n) is 6.01. The highest BCUT2D eigenvalue weighted by atomic mass is 15.3. The third-order valence-electron chi connectivity index (χ3n) is 10.2. The highest BCUT2D eigenvalue weighted by Gasteiger charge is 2.14. The summed E-state index contributed by atoms with van der Waals surface area (Å²) in [6, 6.07) is 0. The van der Waals surface area contributed by atoms with Gasteiger partial charge in [-0.3, -0.25) is 4.90 Å². The second kappa shape index (κ2) is 39.9. The smallest absolute Gasteiger partial charge is 0.0110 e. The largest absolute Gasteiger partial charge is 0.304 e. The number of unbranched alkanes of at least 4 members (excludes halogenated alkanes) is 1. The Morgan fingerprint density at radius 1 is 0.283 bits per heavy atom. The van der Waals surface area contributed by atoms with Crippen molar-refractivity contribution < 1.29 is 0 Å². The first-order valence-corrected chi connectivity index (χ1v) is 23.2. The lowest BCUT2D eigenvalue weighted by atomic mass is 10.1. The molecule has 0 aromatic carbocycles. The monoisotopic (exact) mass is 756 g/mol. The van der Waals surface area contributed by atoms with E-state index in [4.69, 9.17) is 0 Å². The molecule has 0 aliphatic rings. The fraction of sp³-hybridized carbons (Fsp3) is 1.00. The van der Waals surface area contributed by atoms with Crippen LogP contribution in [0.4, 0.5) is 0 Å². The SMILES string of the molecule is CC.CC.CCCCN(CCC(C)C)CCN(C)CCN(CCN(C)CCN(CCC)CCC(C)C)CCN(C)CCN(CCC(C)C)CCC(C)C. The molecule has 0 N–H and O–H groups in total. The molecule has 53 heavy (non-hydrogen) atoms. The maximum absolute atomic E-state index is 2.76. The molecule has 7 heteroatoms. The third kappa shape index (κ3) is 39.7. The van der Waals surface area contributed by atoms with E-state index in [9.17, 15) is 0 Å². The Kier molecular flexibility index (Phi) is 43.0. The van der Waals surface area contributed by atoms with Crippen LogP contribution in [0.2, 0.25) is 0 Å². The van der Waals surface area contributed by atoms with Crippen LogP contribution >= 0.6 is 0 Å². The highest BCUT2D eigenvalue weighted by molar-refractivity contribution is 4.71. The van der Waals surface area contributed by atoms with E-state index in [0.717, 1.165) is 76.0 Å². The second-order valence-corrected chi connectivity index (χ2v) is 17.4. The van der Waals surface area contributed by atoms with Gasteiger partial charge in [-0.25, -0.2) is 0 Å². The quantitative estimate of drug-likeness (QED) is 0.0635. The molecule has 0 saturated heterocycles. The Bertz CT molecular complexity index is 689. The Hall–Kier alpha value is -0.280. The van der Waals surface area contributed by atoms with Crippen molar-refractivity contribution in [2.75, 3.05) is 139 Å². The van der Waals surface area contributed by atoms with Crippen molar-refractivity contribution >= 4 is 0 Å². The molecule has 0 rings (SSSR count). The summed E-state index contributed by atoms with van der Waals surface area (Å²) in [7, 11) is 7.04. The summed E-state index contributed by atoms with van der Waals surface area (Å²) in [4.78, 5) is 18.7. The van der Waals surface area contributed by atoms with Crippen molar-refractivity contribution in [2.24, 2.45) is 23.7 Å². The highest BCUT2D eigenvalue weighted by Crippen LogP contribution is 2.08. The van der Waals surface area contributed by atoms with E-state index in [1.54, 1.807) is 0 Å². The first-order chi connectivity index (χ1) is 25.2. The van der Waals surface area contributed by atoms with Crippen molar-refractivity contribution in [1.82, 2.24) is 34.3 Å². The fourth-order valence-corrected chi connectivity index (χ4v) is 6.01. The molecule has 0 fully saturated rings. The van der Waals surface area contributed by atoms with Gasteiger partial charge >= 0.3 is 0 Å². The number of likely N-dealkylation sites (N-methyl/N-ethyl adjacent to an activating group) is 3. The Morgan fingerprint density at radius 3 is 0.736 bits per heavy atom. The van der Waals surface area contributed by atoms with Crippen molar-refractivity contribution in [1.29, 1.82) is 0 Å².